The Morgan fingerprint density at radius 2 is 1.96 bits per heavy atom. The van der Waals surface area contributed by atoms with Crippen molar-refractivity contribution in [1.29, 1.82) is 0 Å². The maximum Gasteiger partial charge on any atom is 0.338 e. The van der Waals surface area contributed by atoms with Gasteiger partial charge in [0, 0.05) is 17.5 Å². The van der Waals surface area contributed by atoms with Crippen LogP contribution in [0.15, 0.2) is 48.7 Å². The number of amides is 1. The van der Waals surface area contributed by atoms with Gasteiger partial charge < -0.3 is 10.1 Å². The molecule has 1 amide bonds. The number of carbonyl (C=O) groups excluding carboxylic acids is 2. The molecule has 0 atom stereocenters. The minimum atomic E-state index is -0.380. The molecule has 0 saturated carbocycles. The lowest BCUT2D eigenvalue weighted by atomic mass is 10.2. The van der Waals surface area contributed by atoms with Gasteiger partial charge in [-0.25, -0.2) is 4.79 Å². The molecule has 1 aromatic heterocycles. The molecule has 0 aliphatic rings. The molecule has 1 N–H and O–H groups in total. The van der Waals surface area contributed by atoms with Crippen LogP contribution < -0.4 is 5.32 Å². The fraction of sp³-hybridized carbons (Fsp3) is 0.211. The monoisotopic (exact) mass is 371 g/mol. The number of rotatable bonds is 6. The molecule has 6 nitrogen and oxygen atoms in total. The normalized spacial score (nSPS) is 10.7. The number of carbonyl (C=O) groups is 2. The van der Waals surface area contributed by atoms with Gasteiger partial charge in [0.05, 0.1) is 35.5 Å². The van der Waals surface area contributed by atoms with E-state index in [0.29, 0.717) is 29.4 Å². The average Bonchev–Trinajstić information content (AvgIpc) is 3.05. The van der Waals surface area contributed by atoms with Crippen molar-refractivity contribution >= 4 is 40.1 Å². The summed E-state index contributed by atoms with van der Waals surface area (Å²) in [6.07, 6.45) is 1.96. The first-order valence-electron chi connectivity index (χ1n) is 8.25. The minimum Gasteiger partial charge on any atom is -0.462 e. The maximum atomic E-state index is 12.2. The topological polar surface area (TPSA) is 73.2 Å². The lowest BCUT2D eigenvalue weighted by Crippen LogP contribution is -2.15. The quantitative estimate of drug-likeness (QED) is 0.667. The number of hydrogen-bond donors (Lipinski definition) is 1. The second-order valence-corrected chi connectivity index (χ2v) is 6.04. The Morgan fingerprint density at radius 3 is 2.69 bits per heavy atom. The van der Waals surface area contributed by atoms with Crippen molar-refractivity contribution in [3.63, 3.8) is 0 Å². The Bertz CT molecular complexity index is 935. The van der Waals surface area contributed by atoms with Crippen molar-refractivity contribution in [2.75, 3.05) is 11.9 Å². The minimum absolute atomic E-state index is 0.139. The Labute approximate surface area is 155 Å². The van der Waals surface area contributed by atoms with Crippen LogP contribution >= 0.6 is 11.6 Å². The predicted molar refractivity (Wildman–Crippen MR) is 100 cm³/mol. The van der Waals surface area contributed by atoms with Crippen LogP contribution in [-0.4, -0.2) is 28.3 Å². The third-order valence-electron chi connectivity index (χ3n) is 3.86. The molecule has 0 fully saturated rings. The average molecular weight is 372 g/mol. The maximum absolute atomic E-state index is 12.2. The first-order valence-corrected chi connectivity index (χ1v) is 8.63. The largest absolute Gasteiger partial charge is 0.462 e. The lowest BCUT2D eigenvalue weighted by molar-refractivity contribution is -0.116. The number of anilines is 1. The second kappa shape index (κ2) is 8.01. The molecule has 7 heteroatoms. The van der Waals surface area contributed by atoms with Gasteiger partial charge in [-0.2, -0.15) is 5.10 Å². The molecule has 0 unspecified atom stereocenters. The van der Waals surface area contributed by atoms with E-state index >= 15 is 0 Å². The van der Waals surface area contributed by atoms with Crippen molar-refractivity contribution in [2.24, 2.45) is 0 Å². The lowest BCUT2D eigenvalue weighted by Gasteiger charge is -2.07. The summed E-state index contributed by atoms with van der Waals surface area (Å²) in [5, 5.41) is 8.59. The van der Waals surface area contributed by atoms with Gasteiger partial charge in [0.1, 0.15) is 0 Å². The molecule has 3 aromatic rings. The van der Waals surface area contributed by atoms with Crippen molar-refractivity contribution < 1.29 is 14.3 Å². The summed E-state index contributed by atoms with van der Waals surface area (Å²) < 4.78 is 6.68. The number of nitrogens with zero attached hydrogens (tertiary/aromatic N) is 2. The number of halogens is 1. The number of aryl methyl sites for hydroxylation is 1. The van der Waals surface area contributed by atoms with Gasteiger partial charge in [0.15, 0.2) is 0 Å². The molecule has 0 spiro atoms. The molecular formula is C19H18ClN3O3. The zero-order valence-corrected chi connectivity index (χ0v) is 15.0. The van der Waals surface area contributed by atoms with E-state index in [9.17, 15) is 9.59 Å². The molecule has 2 aromatic carbocycles. The molecule has 0 aliphatic carbocycles. The van der Waals surface area contributed by atoms with E-state index in [2.05, 4.69) is 10.4 Å². The molecule has 0 radical (unpaired) electrons. The van der Waals surface area contributed by atoms with Crippen LogP contribution in [0.2, 0.25) is 5.02 Å². The van der Waals surface area contributed by atoms with Crippen LogP contribution in [-0.2, 0) is 16.1 Å². The first kappa shape index (κ1) is 17.9. The van der Waals surface area contributed by atoms with E-state index in [1.54, 1.807) is 42.1 Å². The number of benzene rings is 2. The molecule has 0 saturated heterocycles. The van der Waals surface area contributed by atoms with E-state index < -0.39 is 0 Å². The van der Waals surface area contributed by atoms with Crippen molar-refractivity contribution in [3.8, 4) is 0 Å². The highest BCUT2D eigenvalue weighted by atomic mass is 35.5. The van der Waals surface area contributed by atoms with Crippen molar-refractivity contribution in [1.82, 2.24) is 9.78 Å². The number of ether oxygens (including phenoxy) is 1. The van der Waals surface area contributed by atoms with Gasteiger partial charge >= 0.3 is 5.97 Å². The number of fused-ring (bicyclic) bond motifs is 1. The van der Waals surface area contributed by atoms with Crippen LogP contribution in [0, 0.1) is 0 Å². The Balaban J connectivity index is 1.58. The Hall–Kier alpha value is -2.86. The third-order valence-corrected chi connectivity index (χ3v) is 4.19. The SMILES string of the molecule is CCOC(=O)c1ccc(NC(=O)CCn2ncc3c(Cl)cccc32)cc1. The summed E-state index contributed by atoms with van der Waals surface area (Å²) in [5.74, 6) is -0.519. The fourth-order valence-corrected chi connectivity index (χ4v) is 2.80. The first-order chi connectivity index (χ1) is 12.6. The van der Waals surface area contributed by atoms with Gasteiger partial charge in [0.25, 0.3) is 0 Å². The highest BCUT2D eigenvalue weighted by molar-refractivity contribution is 6.35. The van der Waals surface area contributed by atoms with Gasteiger partial charge in [-0.15, -0.1) is 0 Å². The molecule has 0 aliphatic heterocycles. The number of aromatic nitrogens is 2. The molecule has 3 rings (SSSR count). The number of esters is 1. The molecular weight excluding hydrogens is 354 g/mol. The summed E-state index contributed by atoms with van der Waals surface area (Å²) in [6, 6.07) is 12.2. The van der Waals surface area contributed by atoms with Gasteiger partial charge in [0.2, 0.25) is 5.91 Å². The summed E-state index contributed by atoms with van der Waals surface area (Å²) in [6.45, 7) is 2.52. The Morgan fingerprint density at radius 1 is 1.19 bits per heavy atom. The van der Waals surface area contributed by atoms with E-state index in [-0.39, 0.29) is 18.3 Å². The van der Waals surface area contributed by atoms with E-state index in [1.807, 2.05) is 18.2 Å². The van der Waals surface area contributed by atoms with Crippen LogP contribution in [0.1, 0.15) is 23.7 Å². The molecule has 1 heterocycles. The molecule has 0 bridgehead atoms. The highest BCUT2D eigenvalue weighted by Gasteiger charge is 2.09. The van der Waals surface area contributed by atoms with E-state index in [0.717, 1.165) is 10.9 Å². The zero-order chi connectivity index (χ0) is 18.5. The van der Waals surface area contributed by atoms with Gasteiger partial charge in [-0.1, -0.05) is 17.7 Å². The fourth-order valence-electron chi connectivity index (χ4n) is 2.58. The van der Waals surface area contributed by atoms with Gasteiger partial charge in [-0.05, 0) is 43.3 Å². The van der Waals surface area contributed by atoms with Crippen LogP contribution in [0.5, 0.6) is 0 Å². The van der Waals surface area contributed by atoms with Gasteiger partial charge in [-0.3, -0.25) is 9.48 Å². The Kier molecular flexibility index (Phi) is 5.53. The van der Waals surface area contributed by atoms with Crippen LogP contribution in [0.3, 0.4) is 0 Å². The van der Waals surface area contributed by atoms with Crippen LogP contribution in [0.25, 0.3) is 10.9 Å². The zero-order valence-electron chi connectivity index (χ0n) is 14.2. The van der Waals surface area contributed by atoms with E-state index in [4.69, 9.17) is 16.3 Å². The van der Waals surface area contributed by atoms with E-state index in [1.165, 1.54) is 0 Å². The third kappa shape index (κ3) is 4.03. The number of nitrogens with one attached hydrogen (secondary N) is 1. The van der Waals surface area contributed by atoms with Crippen molar-refractivity contribution in [3.05, 3.63) is 59.2 Å². The summed E-state index contributed by atoms with van der Waals surface area (Å²) in [5.41, 5.74) is 1.96. The molecule has 134 valence electrons. The number of hydrogen-bond acceptors (Lipinski definition) is 4. The smallest absolute Gasteiger partial charge is 0.338 e. The van der Waals surface area contributed by atoms with Crippen LogP contribution in [0.4, 0.5) is 5.69 Å². The standard InChI is InChI=1S/C19H18ClN3O3/c1-2-26-19(25)13-6-8-14(9-7-13)22-18(24)10-11-23-17-5-3-4-16(20)15(17)12-21-23/h3-9,12H,2,10-11H2,1H3,(H,22,24). The summed E-state index contributed by atoms with van der Waals surface area (Å²) in [7, 11) is 0. The molecule has 26 heavy (non-hydrogen) atoms. The predicted octanol–water partition coefficient (Wildman–Crippen LogP) is 3.90. The second-order valence-electron chi connectivity index (χ2n) is 5.64. The summed E-state index contributed by atoms with van der Waals surface area (Å²) in [4.78, 5) is 23.8. The highest BCUT2D eigenvalue weighted by Crippen LogP contribution is 2.22. The summed E-state index contributed by atoms with van der Waals surface area (Å²) >= 11 is 6.13. The van der Waals surface area contributed by atoms with Crippen molar-refractivity contribution in [2.45, 2.75) is 19.9 Å².